The molecule has 1 amide bonds. The molecule has 0 aliphatic carbocycles. The summed E-state index contributed by atoms with van der Waals surface area (Å²) in [6.07, 6.45) is 1.34. The maximum Gasteiger partial charge on any atom is 0.227 e. The van der Waals surface area contributed by atoms with Crippen LogP contribution in [-0.4, -0.2) is 5.91 Å². The number of carbonyl (C=O) groups is 1. The topological polar surface area (TPSA) is 46.3 Å². The van der Waals surface area contributed by atoms with Crippen molar-refractivity contribution in [3.05, 3.63) is 44.6 Å². The van der Waals surface area contributed by atoms with Crippen LogP contribution in [0.15, 0.2) is 34.1 Å². The Morgan fingerprint density at radius 2 is 2.11 bits per heavy atom. The molecule has 0 bridgehead atoms. The van der Waals surface area contributed by atoms with E-state index < -0.39 is 0 Å². The van der Waals surface area contributed by atoms with E-state index in [-0.39, 0.29) is 5.91 Å². The van der Waals surface area contributed by atoms with Crippen LogP contribution in [0.3, 0.4) is 0 Å². The molecular weight excluding hydrogens is 324 g/mol. The lowest BCUT2D eigenvalue weighted by Gasteiger charge is -2.29. The molecule has 1 aliphatic rings. The largest absolute Gasteiger partial charge is 0.399 e. The van der Waals surface area contributed by atoms with Crippen molar-refractivity contribution in [1.82, 2.24) is 0 Å². The number of nitrogens with two attached hydrogens (primary N) is 1. The van der Waals surface area contributed by atoms with Gasteiger partial charge in [0, 0.05) is 22.7 Å². The Morgan fingerprint density at radius 1 is 1.26 bits per heavy atom. The first-order valence-corrected chi connectivity index (χ1v) is 7.67. The van der Waals surface area contributed by atoms with Crippen molar-refractivity contribution in [3.63, 3.8) is 0 Å². The monoisotopic (exact) mass is 336 g/mol. The Morgan fingerprint density at radius 3 is 2.84 bits per heavy atom. The summed E-state index contributed by atoms with van der Waals surface area (Å²) in [7, 11) is 0. The number of carbonyl (C=O) groups excluding carboxylic acids is 1. The molecule has 1 aromatic heterocycles. The lowest BCUT2D eigenvalue weighted by atomic mass is 10.0. The average molecular weight is 337 g/mol. The lowest BCUT2D eigenvalue weighted by molar-refractivity contribution is -0.119. The summed E-state index contributed by atoms with van der Waals surface area (Å²) in [6.45, 7) is 0.631. The predicted molar refractivity (Wildman–Crippen MR) is 82.4 cm³/mol. The summed E-state index contributed by atoms with van der Waals surface area (Å²) in [4.78, 5) is 15.2. The van der Waals surface area contributed by atoms with Gasteiger partial charge in [-0.15, -0.1) is 11.3 Å². The molecule has 1 aromatic carbocycles. The van der Waals surface area contributed by atoms with Gasteiger partial charge in [-0.2, -0.15) is 0 Å². The fourth-order valence-electron chi connectivity index (χ4n) is 2.35. The smallest absolute Gasteiger partial charge is 0.227 e. The third-order valence-corrected chi connectivity index (χ3v) is 4.85. The minimum absolute atomic E-state index is 0.182. The highest BCUT2D eigenvalue weighted by Gasteiger charge is 2.24. The first kappa shape index (κ1) is 12.7. The zero-order valence-corrected chi connectivity index (χ0v) is 12.6. The van der Waals surface area contributed by atoms with Gasteiger partial charge in [0.05, 0.1) is 10.3 Å². The molecule has 2 heterocycles. The van der Waals surface area contributed by atoms with E-state index in [1.807, 2.05) is 35.2 Å². The van der Waals surface area contributed by atoms with Crippen molar-refractivity contribution in [3.8, 4) is 0 Å². The molecule has 0 atom stereocenters. The van der Waals surface area contributed by atoms with E-state index in [9.17, 15) is 4.79 Å². The van der Waals surface area contributed by atoms with Gasteiger partial charge >= 0.3 is 0 Å². The summed E-state index contributed by atoms with van der Waals surface area (Å²) in [6, 6.07) is 9.84. The zero-order chi connectivity index (χ0) is 13.4. The number of nitrogens with zero attached hydrogens (tertiary/aromatic N) is 1. The van der Waals surface area contributed by atoms with E-state index in [0.29, 0.717) is 13.0 Å². The first-order chi connectivity index (χ1) is 9.13. The fourth-order valence-corrected chi connectivity index (χ4v) is 3.82. The zero-order valence-electron chi connectivity index (χ0n) is 10.2. The van der Waals surface area contributed by atoms with Gasteiger partial charge in [-0.25, -0.2) is 0 Å². The number of thiophene rings is 1. The molecular formula is C14H13BrN2OS. The van der Waals surface area contributed by atoms with Crippen LogP contribution in [0.2, 0.25) is 0 Å². The molecule has 5 heteroatoms. The second kappa shape index (κ2) is 4.98. The molecule has 0 fully saturated rings. The van der Waals surface area contributed by atoms with Gasteiger partial charge in [0.2, 0.25) is 5.91 Å². The molecule has 2 aromatic rings. The molecule has 0 saturated heterocycles. The third-order valence-electron chi connectivity index (χ3n) is 3.25. The fraction of sp³-hybridized carbons (Fsp3) is 0.214. The molecule has 98 valence electrons. The van der Waals surface area contributed by atoms with Crippen molar-refractivity contribution in [2.75, 3.05) is 10.6 Å². The van der Waals surface area contributed by atoms with Crippen LogP contribution in [0.5, 0.6) is 0 Å². The SMILES string of the molecule is Nc1ccc2c(c1)CCC(=O)N2Cc1ccc(Br)s1. The van der Waals surface area contributed by atoms with Crippen molar-refractivity contribution in [2.24, 2.45) is 0 Å². The number of hydrogen-bond donors (Lipinski definition) is 1. The number of anilines is 2. The minimum atomic E-state index is 0.182. The van der Waals surface area contributed by atoms with E-state index in [4.69, 9.17) is 5.73 Å². The molecule has 0 radical (unpaired) electrons. The van der Waals surface area contributed by atoms with Gasteiger partial charge in [-0.3, -0.25) is 4.79 Å². The van der Waals surface area contributed by atoms with E-state index in [2.05, 4.69) is 15.9 Å². The van der Waals surface area contributed by atoms with Crippen LogP contribution in [0.1, 0.15) is 16.9 Å². The summed E-state index contributed by atoms with van der Waals surface area (Å²) in [5, 5.41) is 0. The Bertz CT molecular complexity index is 638. The standard InChI is InChI=1S/C14H13BrN2OS/c15-13-5-3-11(19-13)8-17-12-4-2-10(16)7-9(12)1-6-14(17)18/h2-5,7H,1,6,8,16H2. The number of hydrogen-bond acceptors (Lipinski definition) is 3. The minimum Gasteiger partial charge on any atom is -0.399 e. The second-order valence-electron chi connectivity index (χ2n) is 4.57. The number of aryl methyl sites for hydroxylation is 1. The normalized spacial score (nSPS) is 14.6. The van der Waals surface area contributed by atoms with Gasteiger partial charge in [0.1, 0.15) is 0 Å². The van der Waals surface area contributed by atoms with Crippen LogP contribution in [-0.2, 0) is 17.8 Å². The molecule has 3 nitrogen and oxygen atoms in total. The Hall–Kier alpha value is -1.33. The number of halogens is 1. The van der Waals surface area contributed by atoms with E-state index in [0.717, 1.165) is 27.1 Å². The van der Waals surface area contributed by atoms with Gasteiger partial charge in [0.15, 0.2) is 0 Å². The third kappa shape index (κ3) is 2.53. The molecule has 3 rings (SSSR count). The molecule has 0 unspecified atom stereocenters. The molecule has 1 aliphatic heterocycles. The van der Waals surface area contributed by atoms with Crippen LogP contribution in [0, 0.1) is 0 Å². The summed E-state index contributed by atoms with van der Waals surface area (Å²) >= 11 is 5.11. The predicted octanol–water partition coefficient (Wildman–Crippen LogP) is 3.57. The highest BCUT2D eigenvalue weighted by molar-refractivity contribution is 9.11. The number of fused-ring (bicyclic) bond motifs is 1. The Labute approximate surface area is 124 Å². The summed E-state index contributed by atoms with van der Waals surface area (Å²) in [5.41, 5.74) is 8.72. The van der Waals surface area contributed by atoms with Crippen LogP contribution < -0.4 is 10.6 Å². The quantitative estimate of drug-likeness (QED) is 0.852. The molecule has 0 spiro atoms. The van der Waals surface area contributed by atoms with E-state index in [1.54, 1.807) is 11.3 Å². The van der Waals surface area contributed by atoms with E-state index in [1.165, 1.54) is 4.88 Å². The van der Waals surface area contributed by atoms with Crippen LogP contribution in [0.4, 0.5) is 11.4 Å². The first-order valence-electron chi connectivity index (χ1n) is 6.06. The highest BCUT2D eigenvalue weighted by atomic mass is 79.9. The summed E-state index contributed by atoms with van der Waals surface area (Å²) in [5.74, 6) is 0.182. The molecule has 2 N–H and O–H groups in total. The molecule has 0 saturated carbocycles. The van der Waals surface area contributed by atoms with Crippen LogP contribution >= 0.6 is 27.3 Å². The lowest BCUT2D eigenvalue weighted by Crippen LogP contribution is -2.34. The Kier molecular flexibility index (Phi) is 3.33. The van der Waals surface area contributed by atoms with Gasteiger partial charge in [0.25, 0.3) is 0 Å². The molecule has 19 heavy (non-hydrogen) atoms. The maximum absolute atomic E-state index is 12.1. The number of nitrogen functional groups attached to an aromatic ring is 1. The van der Waals surface area contributed by atoms with E-state index >= 15 is 0 Å². The van der Waals surface area contributed by atoms with Crippen molar-refractivity contribution >= 4 is 44.5 Å². The average Bonchev–Trinajstić information content (AvgIpc) is 2.78. The van der Waals surface area contributed by atoms with Crippen molar-refractivity contribution in [2.45, 2.75) is 19.4 Å². The van der Waals surface area contributed by atoms with Crippen molar-refractivity contribution < 1.29 is 4.79 Å². The number of amides is 1. The Balaban J connectivity index is 1.94. The van der Waals surface area contributed by atoms with Gasteiger partial charge in [-0.05, 0) is 58.2 Å². The van der Waals surface area contributed by atoms with Gasteiger partial charge in [-0.1, -0.05) is 0 Å². The number of rotatable bonds is 2. The second-order valence-corrected chi connectivity index (χ2v) is 7.12. The maximum atomic E-state index is 12.1. The number of benzene rings is 1. The summed E-state index contributed by atoms with van der Waals surface area (Å²) < 4.78 is 1.09. The highest BCUT2D eigenvalue weighted by Crippen LogP contribution is 2.32. The van der Waals surface area contributed by atoms with Crippen molar-refractivity contribution in [1.29, 1.82) is 0 Å². The van der Waals surface area contributed by atoms with Gasteiger partial charge < -0.3 is 10.6 Å². The van der Waals surface area contributed by atoms with Crippen LogP contribution in [0.25, 0.3) is 0 Å².